The lowest BCUT2D eigenvalue weighted by Crippen LogP contribution is -2.40. The van der Waals surface area contributed by atoms with Crippen molar-refractivity contribution >= 4 is 5.96 Å². The molecule has 1 fully saturated rings. The van der Waals surface area contributed by atoms with Crippen LogP contribution in [0.4, 0.5) is 0 Å². The van der Waals surface area contributed by atoms with Gasteiger partial charge in [0.1, 0.15) is 6.61 Å². The molecule has 7 heteroatoms. The number of nitrogens with zero attached hydrogens (tertiary/aromatic N) is 3. The highest BCUT2D eigenvalue weighted by Gasteiger charge is 2.24. The first-order chi connectivity index (χ1) is 15.3. The maximum Gasteiger partial charge on any atom is 0.213 e. The fourth-order valence-electron chi connectivity index (χ4n) is 3.50. The number of nitrogens with one attached hydrogen (secondary N) is 1. The van der Waals surface area contributed by atoms with Crippen molar-refractivity contribution in [2.45, 2.75) is 26.5 Å². The van der Waals surface area contributed by atoms with E-state index >= 15 is 0 Å². The van der Waals surface area contributed by atoms with Gasteiger partial charge in [-0.3, -0.25) is 0 Å². The fourth-order valence-corrected chi connectivity index (χ4v) is 3.50. The van der Waals surface area contributed by atoms with Crippen LogP contribution in [0.25, 0.3) is 0 Å². The van der Waals surface area contributed by atoms with Crippen molar-refractivity contribution in [3.05, 3.63) is 59.8 Å². The summed E-state index contributed by atoms with van der Waals surface area (Å²) in [5.74, 6) is 2.10. The third kappa shape index (κ3) is 7.84. The fraction of sp³-hybridized carbons (Fsp3) is 0.500. The number of aliphatic imine (C=N–C) groups is 1. The Balaban J connectivity index is 1.53. The molecule has 0 saturated carbocycles. The summed E-state index contributed by atoms with van der Waals surface area (Å²) in [5.41, 5.74) is 2.20. The number of guanidine groups is 1. The number of hydrogen-bond donors (Lipinski definition) is 1. The number of hydrogen-bond acceptors (Lipinski definition) is 5. The van der Waals surface area contributed by atoms with E-state index in [2.05, 4.69) is 22.1 Å². The van der Waals surface area contributed by atoms with E-state index in [0.29, 0.717) is 38.2 Å². The number of benzene rings is 1. The van der Waals surface area contributed by atoms with Crippen LogP contribution in [0.5, 0.6) is 5.88 Å². The number of aromatic nitrogens is 1. The normalized spacial score (nSPS) is 16.5. The molecular formula is C24H34N4O3. The van der Waals surface area contributed by atoms with Crippen molar-refractivity contribution in [2.24, 2.45) is 10.9 Å². The lowest BCUT2D eigenvalue weighted by atomic mass is 10.1. The molecule has 2 heterocycles. The summed E-state index contributed by atoms with van der Waals surface area (Å²) in [7, 11) is 1.70. The number of ether oxygens (including phenoxy) is 3. The van der Waals surface area contributed by atoms with Gasteiger partial charge in [0.2, 0.25) is 5.88 Å². The SMILES string of the molecule is CCNC(=NCc1ccnc(OCc2ccccc2)c1)N1CCC(COCCOC)C1. The lowest BCUT2D eigenvalue weighted by Gasteiger charge is -2.21. The van der Waals surface area contributed by atoms with Gasteiger partial charge in [-0.1, -0.05) is 30.3 Å². The van der Waals surface area contributed by atoms with Gasteiger partial charge in [-0.15, -0.1) is 0 Å². The average Bonchev–Trinajstić information content (AvgIpc) is 3.28. The molecule has 31 heavy (non-hydrogen) atoms. The molecule has 0 spiro atoms. The summed E-state index contributed by atoms with van der Waals surface area (Å²) in [4.78, 5) is 11.5. The Morgan fingerprint density at radius 2 is 2.06 bits per heavy atom. The van der Waals surface area contributed by atoms with Crippen LogP contribution < -0.4 is 10.1 Å². The van der Waals surface area contributed by atoms with Crippen LogP contribution in [-0.4, -0.2) is 62.4 Å². The van der Waals surface area contributed by atoms with E-state index in [9.17, 15) is 0 Å². The van der Waals surface area contributed by atoms with Crippen molar-refractivity contribution < 1.29 is 14.2 Å². The van der Waals surface area contributed by atoms with Gasteiger partial charge in [0.25, 0.3) is 0 Å². The summed E-state index contributed by atoms with van der Waals surface area (Å²) in [6.45, 7) is 8.04. The predicted molar refractivity (Wildman–Crippen MR) is 122 cm³/mol. The standard InChI is InChI=1S/C24H34N4O3/c1-3-25-24(28-12-10-22(17-28)18-30-14-13-29-2)27-16-21-9-11-26-23(15-21)31-19-20-7-5-4-6-8-20/h4-9,11,15,22H,3,10,12-14,16-19H2,1-2H3,(H,25,27). The first-order valence-corrected chi connectivity index (χ1v) is 11.0. The highest BCUT2D eigenvalue weighted by atomic mass is 16.5. The van der Waals surface area contributed by atoms with Crippen molar-refractivity contribution in [3.63, 3.8) is 0 Å². The van der Waals surface area contributed by atoms with Crippen LogP contribution in [0, 0.1) is 5.92 Å². The van der Waals surface area contributed by atoms with Crippen LogP contribution in [0.3, 0.4) is 0 Å². The van der Waals surface area contributed by atoms with E-state index in [-0.39, 0.29) is 0 Å². The van der Waals surface area contributed by atoms with Crippen LogP contribution in [0.2, 0.25) is 0 Å². The number of likely N-dealkylation sites (tertiary alicyclic amines) is 1. The molecule has 2 aromatic rings. The first kappa shape index (κ1) is 23.0. The molecule has 1 aliphatic heterocycles. The van der Waals surface area contributed by atoms with Gasteiger partial charge in [-0.05, 0) is 30.5 Å². The quantitative estimate of drug-likeness (QED) is 0.338. The molecule has 1 aliphatic rings. The molecule has 1 atom stereocenters. The van der Waals surface area contributed by atoms with Crippen LogP contribution in [0.1, 0.15) is 24.5 Å². The van der Waals surface area contributed by atoms with Crippen LogP contribution >= 0.6 is 0 Å². The Hall–Kier alpha value is -2.64. The average molecular weight is 427 g/mol. The molecular weight excluding hydrogens is 392 g/mol. The van der Waals surface area contributed by atoms with E-state index in [1.54, 1.807) is 13.3 Å². The van der Waals surface area contributed by atoms with Crippen molar-refractivity contribution in [2.75, 3.05) is 46.6 Å². The van der Waals surface area contributed by atoms with Gasteiger partial charge in [-0.2, -0.15) is 0 Å². The Kier molecular flexibility index (Phi) is 9.60. The van der Waals surface area contributed by atoms with Gasteiger partial charge in [0.05, 0.1) is 26.4 Å². The minimum absolute atomic E-state index is 0.505. The van der Waals surface area contributed by atoms with E-state index in [1.165, 1.54) is 0 Å². The number of rotatable bonds is 11. The van der Waals surface area contributed by atoms with E-state index in [4.69, 9.17) is 19.2 Å². The third-order valence-corrected chi connectivity index (χ3v) is 5.15. The summed E-state index contributed by atoms with van der Waals surface area (Å²) >= 11 is 0. The minimum Gasteiger partial charge on any atom is -0.473 e. The molecule has 1 saturated heterocycles. The van der Waals surface area contributed by atoms with Gasteiger partial charge >= 0.3 is 0 Å². The molecule has 0 radical (unpaired) electrons. The van der Waals surface area contributed by atoms with Crippen molar-refractivity contribution in [1.29, 1.82) is 0 Å². The molecule has 1 unspecified atom stereocenters. The Labute approximate surface area is 185 Å². The maximum atomic E-state index is 5.85. The van der Waals surface area contributed by atoms with Crippen molar-refractivity contribution in [3.8, 4) is 5.88 Å². The largest absolute Gasteiger partial charge is 0.473 e. The molecule has 1 aromatic heterocycles. The second-order valence-corrected chi connectivity index (χ2v) is 7.62. The second kappa shape index (κ2) is 12.9. The highest BCUT2D eigenvalue weighted by molar-refractivity contribution is 5.80. The zero-order valence-electron chi connectivity index (χ0n) is 18.6. The zero-order valence-corrected chi connectivity index (χ0v) is 18.6. The lowest BCUT2D eigenvalue weighted by molar-refractivity contribution is 0.0536. The monoisotopic (exact) mass is 426 g/mol. The van der Waals surface area contributed by atoms with E-state index in [1.807, 2.05) is 42.5 Å². The summed E-state index contributed by atoms with van der Waals surface area (Å²) in [6.07, 6.45) is 2.89. The van der Waals surface area contributed by atoms with Gasteiger partial charge in [-0.25, -0.2) is 9.98 Å². The smallest absolute Gasteiger partial charge is 0.213 e. The molecule has 3 rings (SSSR count). The maximum absolute atomic E-state index is 5.85. The Bertz CT molecular complexity index is 800. The van der Waals surface area contributed by atoms with Crippen molar-refractivity contribution in [1.82, 2.24) is 15.2 Å². The van der Waals surface area contributed by atoms with Gasteiger partial charge in [0, 0.05) is 44.9 Å². The minimum atomic E-state index is 0.505. The van der Waals surface area contributed by atoms with Gasteiger partial charge < -0.3 is 24.4 Å². The van der Waals surface area contributed by atoms with Gasteiger partial charge in [0.15, 0.2) is 5.96 Å². The summed E-state index contributed by atoms with van der Waals surface area (Å²) in [5, 5.41) is 3.42. The molecule has 0 amide bonds. The molecule has 0 bridgehead atoms. The van der Waals surface area contributed by atoms with Crippen LogP contribution in [-0.2, 0) is 22.6 Å². The number of pyridine rings is 1. The van der Waals surface area contributed by atoms with E-state index < -0.39 is 0 Å². The zero-order chi connectivity index (χ0) is 21.7. The molecule has 1 N–H and O–H groups in total. The second-order valence-electron chi connectivity index (χ2n) is 7.62. The summed E-state index contributed by atoms with van der Waals surface area (Å²) < 4.78 is 16.6. The Morgan fingerprint density at radius 3 is 2.87 bits per heavy atom. The molecule has 0 aliphatic carbocycles. The Morgan fingerprint density at radius 1 is 1.19 bits per heavy atom. The highest BCUT2D eigenvalue weighted by Crippen LogP contribution is 2.18. The summed E-state index contributed by atoms with van der Waals surface area (Å²) in [6, 6.07) is 14.1. The molecule has 1 aromatic carbocycles. The van der Waals surface area contributed by atoms with E-state index in [0.717, 1.165) is 49.7 Å². The topological polar surface area (TPSA) is 68.2 Å². The third-order valence-electron chi connectivity index (χ3n) is 5.15. The molecule has 168 valence electrons. The number of methoxy groups -OCH3 is 1. The molecule has 7 nitrogen and oxygen atoms in total. The predicted octanol–water partition coefficient (Wildman–Crippen LogP) is 3.11. The first-order valence-electron chi connectivity index (χ1n) is 11.0. The van der Waals surface area contributed by atoms with Crippen LogP contribution in [0.15, 0.2) is 53.7 Å².